The van der Waals surface area contributed by atoms with Gasteiger partial charge in [0.05, 0.1) is 0 Å². The van der Waals surface area contributed by atoms with Crippen LogP contribution in [-0.2, 0) is 4.79 Å². The molecule has 42 heavy (non-hydrogen) atoms. The van der Waals surface area contributed by atoms with Gasteiger partial charge in [-0.05, 0) is 48.2 Å². The molecule has 0 bridgehead atoms. The summed E-state index contributed by atoms with van der Waals surface area (Å²) in [6.45, 7) is 25.2. The van der Waals surface area contributed by atoms with Gasteiger partial charge in [0, 0.05) is 46.8 Å². The quantitative estimate of drug-likeness (QED) is 0.0694. The van der Waals surface area contributed by atoms with Crippen molar-refractivity contribution in [2.75, 3.05) is 30.1 Å². The maximum absolute atomic E-state index is 10.6. The molecular weight excluding hydrogens is 637 g/mol. The van der Waals surface area contributed by atoms with Gasteiger partial charge in [0.1, 0.15) is 0 Å². The molecule has 1 aliphatic heterocycles. The number of hydrogen-bond donors (Lipinski definition) is 6. The molecule has 1 fully saturated rings. The molecule has 1 aliphatic rings. The number of unbranched alkanes of at least 4 members (excludes halogenated alkanes) is 1. The van der Waals surface area contributed by atoms with Gasteiger partial charge in [-0.2, -0.15) is 57.6 Å². The number of hydrogen-bond acceptors (Lipinski definition) is 9. The van der Waals surface area contributed by atoms with E-state index in [0.717, 1.165) is 35.7 Å². The fraction of sp³-hybridized carbons (Fsp3) is 0.969. The third-order valence-corrected chi connectivity index (χ3v) is 11.2. The SMILES string of the molecule is CC(=O)NC(CS)C(C)C.CC(C)C(C)S.CC(C)C(N)CS.CC(C)CCCCC1CCSS1.CC(C)CS.C[O-]. The zero-order valence-corrected chi connectivity index (χ0v) is 34.8. The van der Waals surface area contributed by atoms with E-state index in [1.807, 2.05) is 0 Å². The molecule has 0 aromatic heterocycles. The smallest absolute Gasteiger partial charge is 0.217 e. The van der Waals surface area contributed by atoms with Crippen LogP contribution in [0.1, 0.15) is 115 Å². The predicted octanol–water partition coefficient (Wildman–Crippen LogP) is 8.84. The molecule has 4 unspecified atom stereocenters. The van der Waals surface area contributed by atoms with Crippen molar-refractivity contribution in [3.05, 3.63) is 0 Å². The van der Waals surface area contributed by atoms with Crippen molar-refractivity contribution in [3.63, 3.8) is 0 Å². The Morgan fingerprint density at radius 1 is 0.833 bits per heavy atom. The first-order valence-electron chi connectivity index (χ1n) is 15.7. The van der Waals surface area contributed by atoms with Crippen LogP contribution in [0.15, 0.2) is 0 Å². The molecule has 0 aromatic rings. The summed E-state index contributed by atoms with van der Waals surface area (Å²) in [5.41, 5.74) is 5.54. The summed E-state index contributed by atoms with van der Waals surface area (Å²) < 4.78 is 0. The highest BCUT2D eigenvalue weighted by atomic mass is 33.1. The van der Waals surface area contributed by atoms with E-state index in [1.165, 1.54) is 44.8 Å². The maximum atomic E-state index is 10.6. The molecule has 4 nitrogen and oxygen atoms in total. The van der Waals surface area contributed by atoms with Gasteiger partial charge in [0.25, 0.3) is 0 Å². The standard InChI is InChI=1S/C10H20S2.C7H15NOS.C5H13NS.C5H12S.C4H10S.CH3O/c1-9(2)5-3-4-6-10-7-8-11-12-10;1-5(2)7(4-10)8-6(3)9;1-4(2)5(6)3-7;1-4(2)5(3)6;1-4(2)3-5;1-2/h9-10H,3-8H2,1-2H3;5,7,10H,4H2,1-3H3,(H,8,9);4-5,7H,3,6H2,1-2H3;4-6H,1-3H3;4-5H,3H2,1-2H3;1H3/q;;;;;-1. The molecule has 0 aromatic carbocycles. The van der Waals surface area contributed by atoms with Crippen molar-refractivity contribution >= 4 is 78.0 Å². The first-order chi connectivity index (χ1) is 19.5. The second-order valence-corrected chi connectivity index (χ2v) is 17.1. The largest absolute Gasteiger partial charge is 0.857 e. The Kier molecular flexibility index (Phi) is 48.8. The molecule has 10 heteroatoms. The Bertz CT molecular complexity index is 513. The minimum Gasteiger partial charge on any atom is -0.857 e. The zero-order chi connectivity index (χ0) is 34.3. The Morgan fingerprint density at radius 3 is 1.50 bits per heavy atom. The number of nitrogens with one attached hydrogen (secondary N) is 1. The number of carbonyl (C=O) groups is 1. The van der Waals surface area contributed by atoms with Gasteiger partial charge in [0.2, 0.25) is 5.91 Å². The lowest BCUT2D eigenvalue weighted by Crippen LogP contribution is -2.38. The van der Waals surface area contributed by atoms with Crippen molar-refractivity contribution in [3.8, 4) is 0 Å². The average Bonchev–Trinajstić information content (AvgIpc) is 3.45. The monoisotopic (exact) mass is 709 g/mol. The second-order valence-electron chi connectivity index (χ2n) is 12.4. The third kappa shape index (κ3) is 48.4. The van der Waals surface area contributed by atoms with E-state index in [4.69, 9.17) is 10.8 Å². The molecule has 0 spiro atoms. The lowest BCUT2D eigenvalue weighted by molar-refractivity contribution is -0.325. The van der Waals surface area contributed by atoms with Crippen LogP contribution in [0.5, 0.6) is 0 Å². The van der Waals surface area contributed by atoms with Gasteiger partial charge in [-0.25, -0.2) is 0 Å². The van der Waals surface area contributed by atoms with Crippen LogP contribution in [-0.4, -0.2) is 58.6 Å². The summed E-state index contributed by atoms with van der Waals surface area (Å²) >= 11 is 16.4. The van der Waals surface area contributed by atoms with Crippen molar-refractivity contribution in [1.82, 2.24) is 5.32 Å². The highest BCUT2D eigenvalue weighted by Crippen LogP contribution is 2.39. The lowest BCUT2D eigenvalue weighted by Gasteiger charge is -2.18. The number of amides is 1. The van der Waals surface area contributed by atoms with Gasteiger partial charge in [-0.3, -0.25) is 4.79 Å². The highest BCUT2D eigenvalue weighted by Gasteiger charge is 2.15. The minimum absolute atomic E-state index is 0.0211. The van der Waals surface area contributed by atoms with Crippen LogP contribution < -0.4 is 16.2 Å². The minimum atomic E-state index is 0.0211. The van der Waals surface area contributed by atoms with E-state index < -0.39 is 0 Å². The second kappa shape index (κ2) is 38.7. The van der Waals surface area contributed by atoms with E-state index in [1.54, 1.807) is 0 Å². The van der Waals surface area contributed by atoms with E-state index >= 15 is 0 Å². The Labute approximate surface area is 294 Å². The summed E-state index contributed by atoms with van der Waals surface area (Å²) in [4.78, 5) is 10.6. The summed E-state index contributed by atoms with van der Waals surface area (Å²) in [6.07, 6.45) is 7.24. The van der Waals surface area contributed by atoms with Crippen molar-refractivity contribution in [1.29, 1.82) is 0 Å². The van der Waals surface area contributed by atoms with Crippen molar-refractivity contribution in [2.24, 2.45) is 35.3 Å². The van der Waals surface area contributed by atoms with E-state index in [-0.39, 0.29) is 18.0 Å². The molecule has 0 saturated carbocycles. The molecule has 4 atom stereocenters. The number of rotatable bonds is 12. The Morgan fingerprint density at radius 2 is 1.31 bits per heavy atom. The van der Waals surface area contributed by atoms with E-state index in [2.05, 4.69) is 154 Å². The molecular formula is C32H73N2O2S6-. The molecule has 3 N–H and O–H groups in total. The summed E-state index contributed by atoms with van der Waals surface area (Å²) in [5, 5.41) is 12.6. The van der Waals surface area contributed by atoms with Gasteiger partial charge < -0.3 is 16.2 Å². The van der Waals surface area contributed by atoms with Crippen molar-refractivity contribution < 1.29 is 9.90 Å². The summed E-state index contributed by atoms with van der Waals surface area (Å²) in [7, 11) is 4.93. The Balaban J connectivity index is -0.000000139. The highest BCUT2D eigenvalue weighted by molar-refractivity contribution is 8.77. The fourth-order valence-electron chi connectivity index (χ4n) is 2.38. The molecule has 1 saturated heterocycles. The predicted molar refractivity (Wildman–Crippen MR) is 213 cm³/mol. The van der Waals surface area contributed by atoms with Crippen LogP contribution in [0.25, 0.3) is 0 Å². The Hall–Kier alpha value is 1.49. The number of carbonyl (C=O) groups excluding carboxylic acids is 1. The molecule has 1 amide bonds. The molecule has 1 heterocycles. The van der Waals surface area contributed by atoms with Crippen LogP contribution in [0.4, 0.5) is 0 Å². The van der Waals surface area contributed by atoms with Crippen LogP contribution in [0.3, 0.4) is 0 Å². The van der Waals surface area contributed by atoms with Gasteiger partial charge >= 0.3 is 0 Å². The van der Waals surface area contributed by atoms with Gasteiger partial charge in [-0.1, -0.05) is 117 Å². The van der Waals surface area contributed by atoms with Gasteiger partial charge in [-0.15, -0.1) is 0 Å². The lowest BCUT2D eigenvalue weighted by atomic mass is 10.0. The van der Waals surface area contributed by atoms with Crippen LogP contribution >= 0.6 is 72.1 Å². The van der Waals surface area contributed by atoms with Crippen LogP contribution in [0, 0.1) is 29.6 Å². The number of nitrogens with two attached hydrogens (primary N) is 1. The first kappa shape index (κ1) is 53.0. The summed E-state index contributed by atoms with van der Waals surface area (Å²) in [5.74, 6) is 7.29. The molecule has 0 aliphatic carbocycles. The van der Waals surface area contributed by atoms with E-state index in [0.29, 0.717) is 28.8 Å². The van der Waals surface area contributed by atoms with Crippen LogP contribution in [0.2, 0.25) is 0 Å². The zero-order valence-electron chi connectivity index (χ0n) is 29.6. The van der Waals surface area contributed by atoms with E-state index in [9.17, 15) is 4.79 Å². The molecule has 260 valence electrons. The topological polar surface area (TPSA) is 78.2 Å². The molecule has 1 rings (SSSR count). The maximum Gasteiger partial charge on any atom is 0.217 e. The average molecular weight is 710 g/mol. The summed E-state index contributed by atoms with van der Waals surface area (Å²) in [6, 6.07) is 0.476. The first-order valence-corrected chi connectivity index (χ1v) is 20.5. The van der Waals surface area contributed by atoms with Crippen molar-refractivity contribution in [2.45, 2.75) is 138 Å². The third-order valence-electron chi connectivity index (χ3n) is 6.07. The normalized spacial score (nSPS) is 16.0. The van der Waals surface area contributed by atoms with Gasteiger partial charge in [0.15, 0.2) is 0 Å². The molecule has 0 radical (unpaired) electrons. The fourth-order valence-corrected chi connectivity index (χ4v) is 6.35. The number of thiol groups is 4.